The Morgan fingerprint density at radius 1 is 1.11 bits per heavy atom. The average Bonchev–Trinajstić information content (AvgIpc) is 2.67. The fourth-order valence-electron chi connectivity index (χ4n) is 3.24. The van der Waals surface area contributed by atoms with Gasteiger partial charge < -0.3 is 21.9 Å². The number of aromatic hydroxyl groups is 1. The maximum Gasteiger partial charge on any atom is 0.211 e. The zero-order valence-corrected chi connectivity index (χ0v) is 14.4. The van der Waals surface area contributed by atoms with E-state index in [9.17, 15) is 10.4 Å². The molecule has 0 spiro atoms. The minimum absolute atomic E-state index is 0.00260. The van der Waals surface area contributed by atoms with E-state index in [-0.39, 0.29) is 28.8 Å². The lowest BCUT2D eigenvalue weighted by atomic mass is 9.93. The van der Waals surface area contributed by atoms with Gasteiger partial charge in [0.15, 0.2) is 6.19 Å². The molecule has 2 aromatic carbocycles. The number of fused-ring (bicyclic) bond motifs is 2. The molecular formula is C19H14N8O. The van der Waals surface area contributed by atoms with Crippen molar-refractivity contribution in [3.63, 3.8) is 0 Å². The smallest absolute Gasteiger partial charge is 0.211 e. The van der Waals surface area contributed by atoms with E-state index in [2.05, 4.69) is 20.6 Å². The fourth-order valence-corrected chi connectivity index (χ4v) is 3.24. The van der Waals surface area contributed by atoms with Crippen molar-refractivity contribution in [2.75, 3.05) is 16.8 Å². The molecule has 4 rings (SSSR count). The van der Waals surface area contributed by atoms with Crippen LogP contribution in [0.5, 0.6) is 5.75 Å². The molecule has 0 radical (unpaired) electrons. The Bertz CT molecular complexity index is 1240. The molecule has 0 saturated heterocycles. The van der Waals surface area contributed by atoms with Gasteiger partial charge >= 0.3 is 0 Å². The number of nitrogens with two attached hydrogens (primary N) is 2. The van der Waals surface area contributed by atoms with Crippen molar-refractivity contribution in [2.24, 2.45) is 4.99 Å². The lowest BCUT2D eigenvalue weighted by molar-refractivity contribution is 0.476. The predicted molar refractivity (Wildman–Crippen MR) is 105 cm³/mol. The number of benzene rings is 2. The van der Waals surface area contributed by atoms with Gasteiger partial charge in [-0.2, -0.15) is 10.5 Å². The molecule has 0 aliphatic carbocycles. The molecule has 3 aromatic rings. The number of hydrogen-bond donors (Lipinski definition) is 5. The van der Waals surface area contributed by atoms with Crippen molar-refractivity contribution >= 4 is 34.1 Å². The second-order valence-corrected chi connectivity index (χ2v) is 6.19. The summed E-state index contributed by atoms with van der Waals surface area (Å²) in [6.45, 7) is 0. The van der Waals surface area contributed by atoms with Gasteiger partial charge in [0.25, 0.3) is 0 Å². The quantitative estimate of drug-likeness (QED) is 0.319. The number of phenolic OH excluding ortho intramolecular Hbond substituents is 1. The van der Waals surface area contributed by atoms with E-state index < -0.39 is 6.04 Å². The molecule has 28 heavy (non-hydrogen) atoms. The Morgan fingerprint density at radius 3 is 2.61 bits per heavy atom. The van der Waals surface area contributed by atoms with Crippen LogP contribution < -0.4 is 22.1 Å². The number of nitrogens with zero attached hydrogens (tertiary/aromatic N) is 4. The number of aliphatic imine (C=N–C) groups is 1. The van der Waals surface area contributed by atoms with Crippen molar-refractivity contribution in [1.82, 2.24) is 10.3 Å². The van der Waals surface area contributed by atoms with E-state index >= 15 is 0 Å². The number of hydrogen-bond acceptors (Lipinski definition) is 9. The summed E-state index contributed by atoms with van der Waals surface area (Å²) in [5, 5.41) is 35.1. The zero-order valence-electron chi connectivity index (χ0n) is 14.4. The number of phenols is 1. The Morgan fingerprint density at radius 2 is 1.86 bits per heavy atom. The number of nitrogen functional groups attached to an aromatic ring is 2. The van der Waals surface area contributed by atoms with Crippen molar-refractivity contribution in [3.8, 4) is 18.0 Å². The van der Waals surface area contributed by atoms with Crippen LogP contribution in [0.1, 0.15) is 22.7 Å². The number of aromatic nitrogens is 1. The molecule has 1 atom stereocenters. The van der Waals surface area contributed by atoms with Crippen molar-refractivity contribution in [1.29, 1.82) is 10.5 Å². The topological polar surface area (TPSA) is 169 Å². The first-order valence-corrected chi connectivity index (χ1v) is 8.23. The third-order valence-electron chi connectivity index (χ3n) is 4.52. The fraction of sp³-hybridized carbons (Fsp3) is 0.0526. The summed E-state index contributed by atoms with van der Waals surface area (Å²) >= 11 is 0. The van der Waals surface area contributed by atoms with Gasteiger partial charge in [-0.15, -0.1) is 0 Å². The number of rotatable bonds is 1. The van der Waals surface area contributed by atoms with Crippen molar-refractivity contribution in [3.05, 3.63) is 53.1 Å². The zero-order chi connectivity index (χ0) is 19.8. The average molecular weight is 370 g/mol. The van der Waals surface area contributed by atoms with E-state index in [1.165, 1.54) is 0 Å². The van der Waals surface area contributed by atoms with Crippen LogP contribution in [0.25, 0.3) is 10.8 Å². The van der Waals surface area contributed by atoms with E-state index in [0.717, 1.165) is 16.3 Å². The van der Waals surface area contributed by atoms with Crippen LogP contribution >= 0.6 is 0 Å². The lowest BCUT2D eigenvalue weighted by Crippen LogP contribution is -2.32. The van der Waals surface area contributed by atoms with Crippen LogP contribution in [-0.4, -0.2) is 16.1 Å². The predicted octanol–water partition coefficient (Wildman–Crippen LogP) is 1.92. The van der Waals surface area contributed by atoms with Gasteiger partial charge in [0, 0.05) is 5.56 Å². The summed E-state index contributed by atoms with van der Waals surface area (Å²) < 4.78 is 0. The summed E-state index contributed by atoms with van der Waals surface area (Å²) in [5.41, 5.74) is 13.6. The highest BCUT2D eigenvalue weighted by molar-refractivity contribution is 5.98. The number of anilines is 3. The molecule has 1 unspecified atom stereocenters. The molecular weight excluding hydrogens is 356 g/mol. The number of pyridine rings is 1. The summed E-state index contributed by atoms with van der Waals surface area (Å²) in [6.07, 6.45) is 1.81. The standard InChI is InChI=1S/C19H14N8O/c20-7-13-15(22)14-16(25-19(24-8-21)27-18(14)26-17(13)23)11-2-1-10-6-12(28)4-3-9(10)5-11/h1-6,16,28H,(H6,22,23,24,25,26,27). The second-order valence-electron chi connectivity index (χ2n) is 6.19. The molecule has 7 N–H and O–H groups in total. The Balaban J connectivity index is 1.94. The summed E-state index contributed by atoms with van der Waals surface area (Å²) in [7, 11) is 0. The highest BCUT2D eigenvalue weighted by Gasteiger charge is 2.29. The second kappa shape index (κ2) is 6.34. The van der Waals surface area contributed by atoms with Gasteiger partial charge in [-0.3, -0.25) is 5.32 Å². The normalized spacial score (nSPS) is 14.9. The van der Waals surface area contributed by atoms with E-state index in [1.807, 2.05) is 30.5 Å². The van der Waals surface area contributed by atoms with Crippen LogP contribution in [0.4, 0.5) is 17.3 Å². The lowest BCUT2D eigenvalue weighted by Gasteiger charge is -2.26. The Hall–Kier alpha value is -4.50. The molecule has 0 saturated carbocycles. The largest absolute Gasteiger partial charge is 0.508 e. The number of nitrogens with one attached hydrogen (secondary N) is 2. The molecule has 2 heterocycles. The van der Waals surface area contributed by atoms with E-state index in [1.54, 1.807) is 18.2 Å². The molecule has 136 valence electrons. The first kappa shape index (κ1) is 16.9. The van der Waals surface area contributed by atoms with Crippen LogP contribution in [-0.2, 0) is 0 Å². The summed E-state index contributed by atoms with van der Waals surface area (Å²) in [4.78, 5) is 8.75. The molecule has 9 heteroatoms. The van der Waals surface area contributed by atoms with Gasteiger partial charge in [0.2, 0.25) is 5.96 Å². The summed E-state index contributed by atoms with van der Waals surface area (Å²) in [6, 6.07) is 12.0. The van der Waals surface area contributed by atoms with Crippen LogP contribution in [0.2, 0.25) is 0 Å². The maximum absolute atomic E-state index is 9.66. The van der Waals surface area contributed by atoms with Crippen LogP contribution in [0.3, 0.4) is 0 Å². The molecule has 0 amide bonds. The SMILES string of the molecule is N#CNC1=NC(c2ccc3cc(O)ccc3c2)c2c(nc(N)c(C#N)c2N)N1. The van der Waals surface area contributed by atoms with Gasteiger partial charge in [-0.05, 0) is 34.5 Å². The van der Waals surface area contributed by atoms with Gasteiger partial charge in [0.1, 0.15) is 35.1 Å². The van der Waals surface area contributed by atoms with Gasteiger partial charge in [-0.25, -0.2) is 9.98 Å². The van der Waals surface area contributed by atoms with Crippen molar-refractivity contribution in [2.45, 2.75) is 6.04 Å². The molecule has 0 bridgehead atoms. The van der Waals surface area contributed by atoms with Gasteiger partial charge in [0.05, 0.1) is 5.69 Å². The first-order valence-electron chi connectivity index (χ1n) is 8.23. The molecule has 9 nitrogen and oxygen atoms in total. The maximum atomic E-state index is 9.66. The Kier molecular flexibility index (Phi) is 3.84. The highest BCUT2D eigenvalue weighted by atomic mass is 16.3. The molecule has 1 aliphatic rings. The van der Waals surface area contributed by atoms with Crippen LogP contribution in [0.15, 0.2) is 41.4 Å². The summed E-state index contributed by atoms with van der Waals surface area (Å²) in [5.74, 6) is 0.699. The van der Waals surface area contributed by atoms with E-state index in [0.29, 0.717) is 11.4 Å². The Labute approximate surface area is 159 Å². The van der Waals surface area contributed by atoms with Gasteiger partial charge in [-0.1, -0.05) is 18.2 Å². The molecule has 1 aromatic heterocycles. The number of nitriles is 2. The molecule has 0 fully saturated rings. The third kappa shape index (κ3) is 2.64. The first-order chi connectivity index (χ1) is 13.5. The minimum atomic E-state index is -0.606. The van der Waals surface area contributed by atoms with Crippen molar-refractivity contribution < 1.29 is 5.11 Å². The number of guanidine groups is 1. The highest BCUT2D eigenvalue weighted by Crippen LogP contribution is 2.41. The van der Waals surface area contributed by atoms with Crippen LogP contribution in [0, 0.1) is 22.8 Å². The minimum Gasteiger partial charge on any atom is -0.508 e. The monoisotopic (exact) mass is 370 g/mol. The molecule has 1 aliphatic heterocycles. The third-order valence-corrected chi connectivity index (χ3v) is 4.52. The van der Waals surface area contributed by atoms with E-state index in [4.69, 9.17) is 16.7 Å².